The topological polar surface area (TPSA) is 61.8 Å². The van der Waals surface area contributed by atoms with Crippen molar-refractivity contribution in [2.45, 2.75) is 0 Å². The van der Waals surface area contributed by atoms with Gasteiger partial charge in [0.2, 0.25) is 0 Å². The maximum Gasteiger partial charge on any atom is 0.519 e. The summed E-state index contributed by atoms with van der Waals surface area (Å²) >= 11 is 9.91. The Bertz CT molecular complexity index is 131. The van der Waals surface area contributed by atoms with E-state index in [4.69, 9.17) is 23.2 Å². The van der Waals surface area contributed by atoms with Crippen LogP contribution in [0.5, 0.6) is 0 Å². The van der Waals surface area contributed by atoms with Crippen molar-refractivity contribution in [2.75, 3.05) is 12.1 Å². The van der Waals surface area contributed by atoms with Gasteiger partial charge in [-0.3, -0.25) is 0 Å². The number of rotatable bonds is 2. The third-order valence-electron chi connectivity index (χ3n) is 0.511. The molecule has 0 atom stereocenters. The first-order valence-corrected chi connectivity index (χ1v) is 3.41. The van der Waals surface area contributed by atoms with Gasteiger partial charge >= 0.3 is 12.3 Å². The number of hydrogen-bond donors (Lipinski definition) is 0. The number of alkyl halides is 2. The highest BCUT2D eigenvalue weighted by atomic mass is 35.5. The Kier molecular flexibility index (Phi) is 5.68. The Morgan fingerprint density at radius 3 is 1.64 bits per heavy atom. The fourth-order valence-electron chi connectivity index (χ4n) is 0.216. The molecule has 0 aromatic heterocycles. The number of carbonyl (C=O) groups excluding carboxylic acids is 2. The molecule has 0 saturated carbocycles. The first-order valence-electron chi connectivity index (χ1n) is 2.34. The molecule has 0 aromatic carbocycles. The zero-order chi connectivity index (χ0) is 8.69. The average Bonchev–Trinajstić information content (AvgIpc) is 1.87. The van der Waals surface area contributed by atoms with E-state index in [0.29, 0.717) is 0 Å². The SMILES string of the molecule is O=C(OCCl)OC(=O)OCCl. The predicted octanol–water partition coefficient (Wildman–Crippen LogP) is 1.67. The monoisotopic (exact) mass is 202 g/mol. The second kappa shape index (κ2) is 6.06. The van der Waals surface area contributed by atoms with Crippen LogP contribution in [0.1, 0.15) is 0 Å². The van der Waals surface area contributed by atoms with Crippen molar-refractivity contribution in [1.29, 1.82) is 0 Å². The summed E-state index contributed by atoms with van der Waals surface area (Å²) in [5.74, 6) is 0. The smallest absolute Gasteiger partial charge is 0.418 e. The molecule has 11 heavy (non-hydrogen) atoms. The fourth-order valence-corrected chi connectivity index (χ4v) is 0.394. The highest BCUT2D eigenvalue weighted by molar-refractivity contribution is 6.17. The highest BCUT2D eigenvalue weighted by Gasteiger charge is 2.11. The number of carbonyl (C=O) groups is 2. The van der Waals surface area contributed by atoms with E-state index in [1.54, 1.807) is 0 Å². The van der Waals surface area contributed by atoms with E-state index >= 15 is 0 Å². The van der Waals surface area contributed by atoms with Crippen molar-refractivity contribution in [2.24, 2.45) is 0 Å². The van der Waals surface area contributed by atoms with Crippen LogP contribution in [0.25, 0.3) is 0 Å². The molecule has 7 heteroatoms. The summed E-state index contributed by atoms with van der Waals surface area (Å²) in [6.07, 6.45) is -2.45. The van der Waals surface area contributed by atoms with Crippen molar-refractivity contribution in [3.63, 3.8) is 0 Å². The molecule has 0 radical (unpaired) electrons. The molecule has 0 rings (SSSR count). The van der Waals surface area contributed by atoms with Crippen molar-refractivity contribution in [3.05, 3.63) is 0 Å². The van der Waals surface area contributed by atoms with Crippen LogP contribution in [0, 0.1) is 0 Å². The molecule has 0 bridgehead atoms. The van der Waals surface area contributed by atoms with E-state index in [9.17, 15) is 9.59 Å². The van der Waals surface area contributed by atoms with Crippen LogP contribution in [-0.2, 0) is 14.2 Å². The molecule has 0 aromatic rings. The van der Waals surface area contributed by atoms with Gasteiger partial charge in [-0.25, -0.2) is 9.59 Å². The standard InChI is InChI=1S/C4H4Cl2O5/c5-1-9-3(7)11-4(8)10-2-6/h1-2H2. The summed E-state index contributed by atoms with van der Waals surface area (Å²) in [5.41, 5.74) is 0. The second-order valence-corrected chi connectivity index (χ2v) is 1.55. The summed E-state index contributed by atoms with van der Waals surface area (Å²) in [5, 5.41) is 0. The van der Waals surface area contributed by atoms with Gasteiger partial charge in [-0.05, 0) is 0 Å². The van der Waals surface area contributed by atoms with E-state index in [1.165, 1.54) is 0 Å². The third-order valence-corrected chi connectivity index (χ3v) is 0.730. The quantitative estimate of drug-likeness (QED) is 0.388. The molecule has 0 fully saturated rings. The molecular weight excluding hydrogens is 199 g/mol. The minimum atomic E-state index is -1.23. The van der Waals surface area contributed by atoms with Gasteiger partial charge in [0, 0.05) is 0 Å². The van der Waals surface area contributed by atoms with Crippen LogP contribution in [0.2, 0.25) is 0 Å². The van der Waals surface area contributed by atoms with Crippen LogP contribution in [0.15, 0.2) is 0 Å². The summed E-state index contributed by atoms with van der Waals surface area (Å²) in [6, 6.07) is -0.792. The summed E-state index contributed by atoms with van der Waals surface area (Å²) in [4.78, 5) is 20.5. The van der Waals surface area contributed by atoms with Crippen LogP contribution in [0.3, 0.4) is 0 Å². The van der Waals surface area contributed by atoms with E-state index in [2.05, 4.69) is 14.2 Å². The molecule has 0 saturated heterocycles. The van der Waals surface area contributed by atoms with E-state index in [0.717, 1.165) is 0 Å². The molecule has 0 unspecified atom stereocenters. The average molecular weight is 203 g/mol. The van der Waals surface area contributed by atoms with Crippen LogP contribution in [-0.4, -0.2) is 24.4 Å². The molecule has 0 N–H and O–H groups in total. The highest BCUT2D eigenvalue weighted by Crippen LogP contribution is 1.92. The summed E-state index contributed by atoms with van der Waals surface area (Å²) in [6.45, 7) is 0. The Hall–Kier alpha value is -0.680. The van der Waals surface area contributed by atoms with Crippen molar-refractivity contribution in [3.8, 4) is 0 Å². The molecule has 5 nitrogen and oxygen atoms in total. The van der Waals surface area contributed by atoms with E-state index < -0.39 is 24.4 Å². The van der Waals surface area contributed by atoms with Crippen molar-refractivity contribution >= 4 is 35.5 Å². The van der Waals surface area contributed by atoms with Crippen molar-refractivity contribution in [1.82, 2.24) is 0 Å². The molecule has 0 aliphatic heterocycles. The maximum absolute atomic E-state index is 10.3. The maximum atomic E-state index is 10.3. The normalized spacial score (nSPS) is 8.55. The lowest BCUT2D eigenvalue weighted by Crippen LogP contribution is -2.13. The van der Waals surface area contributed by atoms with Gasteiger partial charge < -0.3 is 14.2 Å². The number of ether oxygens (including phenoxy) is 3. The van der Waals surface area contributed by atoms with Gasteiger partial charge in [-0.15, -0.1) is 0 Å². The van der Waals surface area contributed by atoms with Gasteiger partial charge in [-0.1, -0.05) is 23.2 Å². The predicted molar refractivity (Wildman–Crippen MR) is 35.5 cm³/mol. The first-order chi connectivity index (χ1) is 5.20. The molecule has 0 amide bonds. The fraction of sp³-hybridized carbons (Fsp3) is 0.500. The largest absolute Gasteiger partial charge is 0.519 e. The lowest BCUT2D eigenvalue weighted by molar-refractivity contribution is 0.0509. The molecule has 0 spiro atoms. The Morgan fingerprint density at radius 2 is 1.36 bits per heavy atom. The molecular formula is C4H4Cl2O5. The molecule has 0 aliphatic rings. The Labute approximate surface area is 72.1 Å². The number of halogens is 2. The summed E-state index contributed by atoms with van der Waals surface area (Å²) in [7, 11) is 0. The Morgan fingerprint density at radius 1 is 1.00 bits per heavy atom. The van der Waals surface area contributed by atoms with Gasteiger partial charge in [0.1, 0.15) is 0 Å². The molecule has 0 aliphatic carbocycles. The molecule has 0 heterocycles. The zero-order valence-electron chi connectivity index (χ0n) is 5.21. The minimum absolute atomic E-state index is 0.396. The lowest BCUT2D eigenvalue weighted by atomic mass is 11.2. The van der Waals surface area contributed by atoms with Gasteiger partial charge in [0.15, 0.2) is 12.1 Å². The van der Waals surface area contributed by atoms with Crippen molar-refractivity contribution < 1.29 is 23.8 Å². The zero-order valence-corrected chi connectivity index (χ0v) is 6.72. The van der Waals surface area contributed by atoms with Crippen LogP contribution in [0.4, 0.5) is 9.59 Å². The second-order valence-electron chi connectivity index (χ2n) is 1.11. The van der Waals surface area contributed by atoms with Gasteiger partial charge in [0.25, 0.3) is 0 Å². The minimum Gasteiger partial charge on any atom is -0.418 e. The number of hydrogen-bond acceptors (Lipinski definition) is 5. The summed E-state index contributed by atoms with van der Waals surface area (Å²) < 4.78 is 11.9. The lowest BCUT2D eigenvalue weighted by Gasteiger charge is -1.99. The van der Waals surface area contributed by atoms with Crippen LogP contribution < -0.4 is 0 Å². The Balaban J connectivity index is 3.49. The van der Waals surface area contributed by atoms with Gasteiger partial charge in [0.05, 0.1) is 0 Å². The van der Waals surface area contributed by atoms with Crippen LogP contribution >= 0.6 is 23.2 Å². The van der Waals surface area contributed by atoms with Gasteiger partial charge in [-0.2, -0.15) is 0 Å². The van der Waals surface area contributed by atoms with E-state index in [-0.39, 0.29) is 0 Å². The van der Waals surface area contributed by atoms with E-state index in [1.807, 2.05) is 0 Å². The molecule has 64 valence electrons. The first kappa shape index (κ1) is 10.3. The third kappa shape index (κ3) is 5.75.